The third-order valence-electron chi connectivity index (χ3n) is 2.68. The van der Waals surface area contributed by atoms with Gasteiger partial charge in [-0.3, -0.25) is 5.10 Å². The smallest absolute Gasteiger partial charge is 0.250 e. The molecule has 6 nitrogen and oxygen atoms in total. The summed E-state index contributed by atoms with van der Waals surface area (Å²) in [5.41, 5.74) is 0. The van der Waals surface area contributed by atoms with Crippen molar-refractivity contribution in [1.29, 1.82) is 0 Å². The molecule has 1 aliphatic carbocycles. The zero-order chi connectivity index (χ0) is 12.6. The summed E-state index contributed by atoms with van der Waals surface area (Å²) in [5, 5.41) is 8.56. The lowest BCUT2D eigenvalue weighted by molar-refractivity contribution is 0.581. The van der Waals surface area contributed by atoms with Crippen molar-refractivity contribution < 1.29 is 8.42 Å². The average molecular weight is 284 g/mol. The highest BCUT2D eigenvalue weighted by molar-refractivity contribution is 7.91. The molecule has 0 amide bonds. The normalized spacial score (nSPS) is 16.0. The highest BCUT2D eigenvalue weighted by atomic mass is 32.2. The van der Waals surface area contributed by atoms with Gasteiger partial charge in [0, 0.05) is 5.92 Å². The first-order valence-corrected chi connectivity index (χ1v) is 7.96. The molecule has 0 bridgehead atoms. The lowest BCUT2D eigenvalue weighted by Gasteiger charge is -2.01. The molecule has 3 rings (SSSR count). The molecule has 0 unspecified atom stereocenters. The summed E-state index contributed by atoms with van der Waals surface area (Å²) in [6, 6.07) is 3.28. The molecule has 0 atom stereocenters. The Bertz CT molecular complexity index is 629. The Morgan fingerprint density at radius 3 is 3.00 bits per heavy atom. The number of aromatic amines is 1. The van der Waals surface area contributed by atoms with E-state index in [1.807, 2.05) is 0 Å². The van der Waals surface area contributed by atoms with Crippen molar-refractivity contribution in [2.75, 3.05) is 0 Å². The Morgan fingerprint density at radius 2 is 2.33 bits per heavy atom. The molecule has 1 saturated carbocycles. The third kappa shape index (κ3) is 2.45. The van der Waals surface area contributed by atoms with Crippen LogP contribution in [-0.4, -0.2) is 23.6 Å². The summed E-state index contributed by atoms with van der Waals surface area (Å²) in [6.45, 7) is 0.139. The molecule has 18 heavy (non-hydrogen) atoms. The van der Waals surface area contributed by atoms with E-state index < -0.39 is 10.0 Å². The van der Waals surface area contributed by atoms with Gasteiger partial charge >= 0.3 is 0 Å². The molecule has 1 aliphatic rings. The fraction of sp³-hybridized carbons (Fsp3) is 0.400. The van der Waals surface area contributed by atoms with Crippen LogP contribution in [0.1, 0.15) is 30.4 Å². The van der Waals surface area contributed by atoms with Gasteiger partial charge in [-0.25, -0.2) is 18.1 Å². The topological polar surface area (TPSA) is 87.7 Å². The van der Waals surface area contributed by atoms with Crippen molar-refractivity contribution in [2.24, 2.45) is 0 Å². The van der Waals surface area contributed by atoms with E-state index in [0.717, 1.165) is 18.7 Å². The molecule has 2 heterocycles. The fourth-order valence-corrected chi connectivity index (χ4v) is 3.59. The van der Waals surface area contributed by atoms with Crippen molar-refractivity contribution in [3.63, 3.8) is 0 Å². The minimum atomic E-state index is -3.43. The molecule has 2 aromatic rings. The van der Waals surface area contributed by atoms with E-state index in [9.17, 15) is 8.42 Å². The van der Waals surface area contributed by atoms with Crippen LogP contribution < -0.4 is 4.72 Å². The van der Waals surface area contributed by atoms with E-state index in [4.69, 9.17) is 0 Å². The van der Waals surface area contributed by atoms with E-state index in [0.29, 0.717) is 16.0 Å². The molecular formula is C10H12N4O2S2. The maximum absolute atomic E-state index is 11.9. The summed E-state index contributed by atoms with van der Waals surface area (Å²) >= 11 is 1.19. The van der Waals surface area contributed by atoms with Gasteiger partial charge in [-0.05, 0) is 24.3 Å². The first kappa shape index (κ1) is 11.8. The van der Waals surface area contributed by atoms with E-state index in [2.05, 4.69) is 19.9 Å². The molecule has 1 fully saturated rings. The molecular weight excluding hydrogens is 272 g/mol. The first-order valence-electron chi connectivity index (χ1n) is 5.59. The van der Waals surface area contributed by atoms with Gasteiger partial charge in [-0.1, -0.05) is 6.07 Å². The van der Waals surface area contributed by atoms with Crippen LogP contribution in [0.3, 0.4) is 0 Å². The predicted octanol–water partition coefficient (Wildman–Crippen LogP) is 1.22. The zero-order valence-electron chi connectivity index (χ0n) is 9.46. The van der Waals surface area contributed by atoms with Crippen molar-refractivity contribution in [3.8, 4) is 0 Å². The monoisotopic (exact) mass is 284 g/mol. The second kappa shape index (κ2) is 4.45. The molecule has 0 radical (unpaired) electrons. The van der Waals surface area contributed by atoms with Gasteiger partial charge in [0.2, 0.25) is 10.0 Å². The van der Waals surface area contributed by atoms with Gasteiger partial charge in [0.05, 0.1) is 6.54 Å². The Labute approximate surface area is 109 Å². The maximum Gasteiger partial charge on any atom is 0.250 e. The van der Waals surface area contributed by atoms with E-state index in [1.54, 1.807) is 17.5 Å². The van der Waals surface area contributed by atoms with Crippen LogP contribution >= 0.6 is 11.3 Å². The number of hydrogen-bond donors (Lipinski definition) is 2. The van der Waals surface area contributed by atoms with Crippen LogP contribution in [-0.2, 0) is 16.6 Å². The molecule has 2 N–H and O–H groups in total. The number of hydrogen-bond acceptors (Lipinski definition) is 5. The van der Waals surface area contributed by atoms with Crippen LogP contribution in [0.5, 0.6) is 0 Å². The quantitative estimate of drug-likeness (QED) is 0.864. The number of nitrogens with zero attached hydrogens (tertiary/aromatic N) is 2. The van der Waals surface area contributed by atoms with Crippen LogP contribution in [0.2, 0.25) is 0 Å². The second-order valence-corrected chi connectivity index (χ2v) is 7.11. The van der Waals surface area contributed by atoms with E-state index in [-0.39, 0.29) is 6.54 Å². The standard InChI is InChI=1S/C10H12N4O2S2/c15-18(16,9-2-1-5-17-9)11-6-8-12-10(14-13-8)7-3-4-7/h1-2,5,7,11H,3-4,6H2,(H,12,13,14). The zero-order valence-corrected chi connectivity index (χ0v) is 11.1. The van der Waals surface area contributed by atoms with Gasteiger partial charge in [-0.2, -0.15) is 5.10 Å². The molecule has 8 heteroatoms. The van der Waals surface area contributed by atoms with Crippen molar-refractivity contribution >= 4 is 21.4 Å². The Balaban J connectivity index is 1.66. The van der Waals surface area contributed by atoms with Crippen LogP contribution in [0.15, 0.2) is 21.7 Å². The van der Waals surface area contributed by atoms with Crippen LogP contribution in [0, 0.1) is 0 Å². The fourth-order valence-electron chi connectivity index (χ4n) is 1.56. The summed E-state index contributed by atoms with van der Waals surface area (Å²) in [7, 11) is -3.43. The molecule has 0 spiro atoms. The number of thiophene rings is 1. The van der Waals surface area contributed by atoms with Gasteiger partial charge in [-0.15, -0.1) is 11.3 Å². The van der Waals surface area contributed by atoms with Crippen molar-refractivity contribution in [2.45, 2.75) is 29.5 Å². The third-order valence-corrected chi connectivity index (χ3v) is 5.48. The SMILES string of the molecule is O=S(=O)(NCc1nc(C2CC2)n[nH]1)c1cccs1. The summed E-state index contributed by atoms with van der Waals surface area (Å²) in [5.74, 6) is 1.81. The van der Waals surface area contributed by atoms with E-state index >= 15 is 0 Å². The molecule has 0 aromatic carbocycles. The lowest BCUT2D eigenvalue weighted by atomic mass is 10.4. The Morgan fingerprint density at radius 1 is 1.50 bits per heavy atom. The van der Waals surface area contributed by atoms with Crippen LogP contribution in [0.25, 0.3) is 0 Å². The average Bonchev–Trinajstić information content (AvgIpc) is 2.88. The molecule has 0 saturated heterocycles. The molecule has 2 aromatic heterocycles. The van der Waals surface area contributed by atoms with Gasteiger partial charge in [0.15, 0.2) is 5.82 Å². The maximum atomic E-state index is 11.9. The van der Waals surface area contributed by atoms with Crippen molar-refractivity contribution in [1.82, 2.24) is 19.9 Å². The molecule has 96 valence electrons. The highest BCUT2D eigenvalue weighted by Crippen LogP contribution is 2.37. The summed E-state index contributed by atoms with van der Waals surface area (Å²) in [6.07, 6.45) is 2.25. The number of aromatic nitrogens is 3. The van der Waals surface area contributed by atoms with Crippen LogP contribution in [0.4, 0.5) is 0 Å². The Hall–Kier alpha value is -1.25. The minimum Gasteiger partial charge on any atom is -0.262 e. The number of nitrogens with one attached hydrogen (secondary N) is 2. The number of rotatable bonds is 5. The van der Waals surface area contributed by atoms with Gasteiger partial charge in [0.25, 0.3) is 0 Å². The molecule has 0 aliphatic heterocycles. The predicted molar refractivity (Wildman–Crippen MR) is 66.7 cm³/mol. The number of H-pyrrole nitrogens is 1. The first-order chi connectivity index (χ1) is 8.65. The lowest BCUT2D eigenvalue weighted by Crippen LogP contribution is -2.23. The number of sulfonamides is 1. The Kier molecular flexibility index (Phi) is 2.92. The highest BCUT2D eigenvalue weighted by Gasteiger charge is 2.27. The second-order valence-electron chi connectivity index (χ2n) is 4.17. The summed E-state index contributed by atoms with van der Waals surface area (Å²) < 4.78 is 26.5. The van der Waals surface area contributed by atoms with Gasteiger partial charge in [0.1, 0.15) is 10.0 Å². The largest absolute Gasteiger partial charge is 0.262 e. The minimum absolute atomic E-state index is 0.139. The van der Waals surface area contributed by atoms with Gasteiger partial charge < -0.3 is 0 Å². The summed E-state index contributed by atoms with van der Waals surface area (Å²) in [4.78, 5) is 4.27. The van der Waals surface area contributed by atoms with Crippen molar-refractivity contribution in [3.05, 3.63) is 29.2 Å². The van der Waals surface area contributed by atoms with E-state index in [1.165, 1.54) is 11.3 Å².